The van der Waals surface area contributed by atoms with Gasteiger partial charge in [-0.25, -0.2) is 0 Å². The maximum atomic E-state index is 6.01. The van der Waals surface area contributed by atoms with Crippen molar-refractivity contribution in [2.75, 3.05) is 13.2 Å². The zero-order valence-corrected chi connectivity index (χ0v) is 12.1. The van der Waals surface area contributed by atoms with Gasteiger partial charge in [0.15, 0.2) is 0 Å². The molecule has 20 heavy (non-hydrogen) atoms. The third kappa shape index (κ3) is 2.66. The Morgan fingerprint density at radius 3 is 2.85 bits per heavy atom. The van der Waals surface area contributed by atoms with Gasteiger partial charge < -0.3 is 9.47 Å². The van der Waals surface area contributed by atoms with Crippen LogP contribution in [-0.4, -0.2) is 13.2 Å². The largest absolute Gasteiger partial charge is 0.493 e. The van der Waals surface area contributed by atoms with Crippen molar-refractivity contribution in [2.24, 2.45) is 0 Å². The average molecular weight is 270 g/mol. The van der Waals surface area contributed by atoms with E-state index in [0.717, 1.165) is 31.8 Å². The fourth-order valence-electron chi connectivity index (χ4n) is 2.91. The molecule has 1 aliphatic rings. The summed E-state index contributed by atoms with van der Waals surface area (Å²) in [4.78, 5) is 0. The van der Waals surface area contributed by atoms with Crippen molar-refractivity contribution in [1.29, 1.82) is 0 Å². The minimum absolute atomic E-state index is 0.182. The van der Waals surface area contributed by atoms with E-state index in [4.69, 9.17) is 9.47 Å². The maximum Gasteiger partial charge on any atom is 0.125 e. The van der Waals surface area contributed by atoms with Crippen LogP contribution in [0.5, 0.6) is 5.75 Å². The first-order chi connectivity index (χ1) is 9.90. The first-order valence-electron chi connectivity index (χ1n) is 7.66. The molecule has 1 unspecified atom stereocenters. The number of rotatable bonds is 4. The topological polar surface area (TPSA) is 18.5 Å². The summed E-state index contributed by atoms with van der Waals surface area (Å²) in [5.74, 6) is 0.998. The summed E-state index contributed by atoms with van der Waals surface area (Å²) in [6.07, 6.45) is 4.71. The van der Waals surface area contributed by atoms with E-state index in [1.54, 1.807) is 0 Å². The van der Waals surface area contributed by atoms with E-state index in [1.807, 2.05) is 0 Å². The predicted molar refractivity (Wildman–Crippen MR) is 82.3 cm³/mol. The Kier molecular flexibility index (Phi) is 4.22. The molecule has 2 nitrogen and oxygen atoms in total. The SMILES string of the molecule is CCCOc1ccc2ccccc2c1C1CCCCO1. The molecule has 1 fully saturated rings. The smallest absolute Gasteiger partial charge is 0.125 e. The Balaban J connectivity index is 2.07. The molecule has 1 saturated heterocycles. The van der Waals surface area contributed by atoms with Crippen molar-refractivity contribution in [3.8, 4) is 5.75 Å². The van der Waals surface area contributed by atoms with E-state index in [-0.39, 0.29) is 6.10 Å². The third-order valence-electron chi connectivity index (χ3n) is 3.89. The molecule has 0 aliphatic carbocycles. The monoisotopic (exact) mass is 270 g/mol. The molecule has 2 aromatic rings. The van der Waals surface area contributed by atoms with E-state index in [0.29, 0.717) is 0 Å². The van der Waals surface area contributed by atoms with Gasteiger partial charge in [-0.2, -0.15) is 0 Å². The van der Waals surface area contributed by atoms with Gasteiger partial charge in [0.05, 0.1) is 12.7 Å². The van der Waals surface area contributed by atoms with Gasteiger partial charge in [0, 0.05) is 12.2 Å². The van der Waals surface area contributed by atoms with Crippen molar-refractivity contribution in [1.82, 2.24) is 0 Å². The molecule has 0 saturated carbocycles. The van der Waals surface area contributed by atoms with Gasteiger partial charge >= 0.3 is 0 Å². The standard InChI is InChI=1S/C18H22O2/c1-2-12-19-17-11-10-14-7-3-4-8-15(14)18(17)16-9-5-6-13-20-16/h3-4,7-8,10-11,16H,2,5-6,9,12-13H2,1H3. The molecule has 0 amide bonds. The summed E-state index contributed by atoms with van der Waals surface area (Å²) in [6.45, 7) is 3.76. The van der Waals surface area contributed by atoms with E-state index in [2.05, 4.69) is 43.3 Å². The van der Waals surface area contributed by atoms with Crippen molar-refractivity contribution in [3.05, 3.63) is 42.0 Å². The molecule has 3 rings (SSSR count). The molecule has 0 spiro atoms. The number of ether oxygens (including phenoxy) is 2. The fraction of sp³-hybridized carbons (Fsp3) is 0.444. The molecular weight excluding hydrogens is 248 g/mol. The average Bonchev–Trinajstić information content (AvgIpc) is 2.53. The van der Waals surface area contributed by atoms with Gasteiger partial charge in [-0.3, -0.25) is 0 Å². The molecule has 2 aromatic carbocycles. The number of fused-ring (bicyclic) bond motifs is 1. The summed E-state index contributed by atoms with van der Waals surface area (Å²) in [5.41, 5.74) is 1.25. The molecule has 0 bridgehead atoms. The second kappa shape index (κ2) is 6.27. The summed E-state index contributed by atoms with van der Waals surface area (Å²) >= 11 is 0. The molecule has 1 heterocycles. The highest BCUT2D eigenvalue weighted by atomic mass is 16.5. The summed E-state index contributed by atoms with van der Waals surface area (Å²) in [7, 11) is 0. The minimum atomic E-state index is 0.182. The lowest BCUT2D eigenvalue weighted by molar-refractivity contribution is 0.0142. The van der Waals surface area contributed by atoms with Crippen molar-refractivity contribution < 1.29 is 9.47 Å². The highest BCUT2D eigenvalue weighted by Gasteiger charge is 2.22. The fourth-order valence-corrected chi connectivity index (χ4v) is 2.91. The summed E-state index contributed by atoms with van der Waals surface area (Å²) in [6, 6.07) is 12.8. The minimum Gasteiger partial charge on any atom is -0.493 e. The van der Waals surface area contributed by atoms with E-state index < -0.39 is 0 Å². The second-order valence-corrected chi connectivity index (χ2v) is 5.40. The van der Waals surface area contributed by atoms with E-state index in [1.165, 1.54) is 29.2 Å². The highest BCUT2D eigenvalue weighted by Crippen LogP contribution is 2.39. The first kappa shape index (κ1) is 13.4. The molecule has 1 aliphatic heterocycles. The second-order valence-electron chi connectivity index (χ2n) is 5.40. The van der Waals surface area contributed by atoms with Crippen LogP contribution in [-0.2, 0) is 4.74 Å². The van der Waals surface area contributed by atoms with Gasteiger partial charge in [0.2, 0.25) is 0 Å². The van der Waals surface area contributed by atoms with Crippen molar-refractivity contribution in [2.45, 2.75) is 38.7 Å². The predicted octanol–water partition coefficient (Wildman–Crippen LogP) is 4.87. The van der Waals surface area contributed by atoms with Crippen LogP contribution < -0.4 is 4.74 Å². The first-order valence-corrected chi connectivity index (χ1v) is 7.66. The van der Waals surface area contributed by atoms with E-state index >= 15 is 0 Å². The molecule has 2 heteroatoms. The van der Waals surface area contributed by atoms with Crippen LogP contribution in [0.4, 0.5) is 0 Å². The van der Waals surface area contributed by atoms with Crippen LogP contribution in [0, 0.1) is 0 Å². The molecule has 1 atom stereocenters. The zero-order chi connectivity index (χ0) is 13.8. The highest BCUT2D eigenvalue weighted by molar-refractivity contribution is 5.88. The summed E-state index contributed by atoms with van der Waals surface area (Å²) in [5, 5.41) is 2.54. The van der Waals surface area contributed by atoms with Crippen molar-refractivity contribution in [3.63, 3.8) is 0 Å². The van der Waals surface area contributed by atoms with Crippen LogP contribution in [0.3, 0.4) is 0 Å². The Morgan fingerprint density at radius 1 is 1.15 bits per heavy atom. The lowest BCUT2D eigenvalue weighted by Gasteiger charge is -2.26. The lowest BCUT2D eigenvalue weighted by Crippen LogP contribution is -2.13. The van der Waals surface area contributed by atoms with Crippen LogP contribution >= 0.6 is 0 Å². The molecular formula is C18H22O2. The quantitative estimate of drug-likeness (QED) is 0.789. The Bertz CT molecular complexity index is 571. The maximum absolute atomic E-state index is 6.01. The number of hydrogen-bond acceptors (Lipinski definition) is 2. The number of hydrogen-bond donors (Lipinski definition) is 0. The number of benzene rings is 2. The lowest BCUT2D eigenvalue weighted by atomic mass is 9.95. The normalized spacial score (nSPS) is 19.1. The third-order valence-corrected chi connectivity index (χ3v) is 3.89. The molecule has 0 aromatic heterocycles. The van der Waals surface area contributed by atoms with Gasteiger partial charge in [-0.05, 0) is 42.5 Å². The Hall–Kier alpha value is -1.54. The molecule has 106 valence electrons. The van der Waals surface area contributed by atoms with Gasteiger partial charge in [-0.1, -0.05) is 37.3 Å². The van der Waals surface area contributed by atoms with Crippen LogP contribution in [0.1, 0.15) is 44.3 Å². The van der Waals surface area contributed by atoms with Gasteiger partial charge in [0.25, 0.3) is 0 Å². The van der Waals surface area contributed by atoms with Gasteiger partial charge in [0.1, 0.15) is 5.75 Å². The zero-order valence-electron chi connectivity index (χ0n) is 12.1. The summed E-state index contributed by atoms with van der Waals surface area (Å²) < 4.78 is 12.0. The van der Waals surface area contributed by atoms with Crippen LogP contribution in [0.2, 0.25) is 0 Å². The van der Waals surface area contributed by atoms with E-state index in [9.17, 15) is 0 Å². The van der Waals surface area contributed by atoms with Crippen molar-refractivity contribution >= 4 is 10.8 Å². The van der Waals surface area contributed by atoms with Crippen LogP contribution in [0.15, 0.2) is 36.4 Å². The Labute approximate surface area is 120 Å². The molecule has 0 radical (unpaired) electrons. The van der Waals surface area contributed by atoms with Crippen LogP contribution in [0.25, 0.3) is 10.8 Å². The van der Waals surface area contributed by atoms with Gasteiger partial charge in [-0.15, -0.1) is 0 Å². The Morgan fingerprint density at radius 2 is 2.05 bits per heavy atom. The molecule has 0 N–H and O–H groups in total.